The molecule has 13 nitrogen and oxygen atoms in total. The van der Waals surface area contributed by atoms with Gasteiger partial charge < -0.3 is 30.2 Å². The number of imidazole rings is 2. The van der Waals surface area contributed by atoms with Crippen LogP contribution in [-0.4, -0.2) is 101 Å². The smallest absolute Gasteiger partial charge is 0.275 e. The van der Waals surface area contributed by atoms with Gasteiger partial charge in [0.15, 0.2) is 0 Å². The summed E-state index contributed by atoms with van der Waals surface area (Å²) >= 11 is 0. The topological polar surface area (TPSA) is 168 Å². The molecule has 0 unspecified atom stereocenters. The van der Waals surface area contributed by atoms with Crippen molar-refractivity contribution in [2.24, 2.45) is 11.1 Å². The molecular formula is C35H44ClF4N11O2S. The normalized spacial score (nSPS) is 30.5. The lowest BCUT2D eigenvalue weighted by atomic mass is 9.40. The summed E-state index contributed by atoms with van der Waals surface area (Å²) in [6.07, 6.45) is 16.6. The first-order valence-corrected chi connectivity index (χ1v) is 18.5. The van der Waals surface area contributed by atoms with Crippen LogP contribution in [-0.2, 0) is 21.1 Å². The Bertz CT molecular complexity index is 2460. The third-order valence-electron chi connectivity index (χ3n) is 11.8. The molecule has 14 rings (SSSR count). The average Bonchev–Trinajstić information content (AvgIpc) is 3.79. The second-order valence-corrected chi connectivity index (χ2v) is 17.9. The Hall–Kier alpha value is -3.84. The predicted molar refractivity (Wildman–Crippen MR) is 201 cm³/mol. The summed E-state index contributed by atoms with van der Waals surface area (Å²) in [5, 5.41) is 4.60. The summed E-state index contributed by atoms with van der Waals surface area (Å²) < 4.78 is 79.3. The van der Waals surface area contributed by atoms with E-state index in [4.69, 9.17) is 5.73 Å². The minimum atomic E-state index is -3.63. The number of nitrogens with one attached hydrogen (secondary N) is 3. The van der Waals surface area contributed by atoms with Gasteiger partial charge in [-0.1, -0.05) is 14.9 Å². The van der Waals surface area contributed by atoms with E-state index in [-0.39, 0.29) is 68.1 Å². The van der Waals surface area contributed by atoms with Gasteiger partial charge in [-0.3, -0.25) is 0 Å². The minimum Gasteiger partial charge on any atom is -0.346 e. The highest BCUT2D eigenvalue weighted by Gasteiger charge is 2.71. The van der Waals surface area contributed by atoms with E-state index in [0.29, 0.717) is 0 Å². The van der Waals surface area contributed by atoms with Crippen molar-refractivity contribution in [1.29, 1.82) is 0 Å². The van der Waals surface area contributed by atoms with E-state index >= 15 is 0 Å². The van der Waals surface area contributed by atoms with Crippen LogP contribution >= 0.6 is 12.4 Å². The van der Waals surface area contributed by atoms with Gasteiger partial charge in [0.05, 0.1) is 73.6 Å². The van der Waals surface area contributed by atoms with Crippen LogP contribution in [0.5, 0.6) is 0 Å². The quantitative estimate of drug-likeness (QED) is 0.166. The average molecular weight is 794 g/mol. The Morgan fingerprint density at radius 3 is 1.56 bits per heavy atom. The van der Waals surface area contributed by atoms with Gasteiger partial charge in [0.1, 0.15) is 22.3 Å². The highest BCUT2D eigenvalue weighted by molar-refractivity contribution is 7.89. The van der Waals surface area contributed by atoms with Crippen LogP contribution in [0.2, 0.25) is 0 Å². The number of sulfonamides is 1. The lowest BCUT2D eigenvalue weighted by Crippen LogP contribution is -2.76. The van der Waals surface area contributed by atoms with E-state index in [2.05, 4.69) is 50.4 Å². The van der Waals surface area contributed by atoms with E-state index in [1.165, 1.54) is 5.52 Å². The minimum absolute atomic E-state index is 0. The molecule has 8 heterocycles. The van der Waals surface area contributed by atoms with E-state index in [1.807, 2.05) is 37.3 Å². The molecule has 0 aromatic carbocycles. The molecule has 2 saturated heterocycles. The van der Waals surface area contributed by atoms with Gasteiger partial charge in [-0.2, -0.15) is 4.31 Å². The molecule has 5 N–H and O–H groups in total. The first-order chi connectivity index (χ1) is 24.1. The Morgan fingerprint density at radius 2 is 1.17 bits per heavy atom. The lowest BCUT2D eigenvalue weighted by Gasteiger charge is -2.71. The monoisotopic (exact) mass is 793 g/mol. The van der Waals surface area contributed by atoms with Crippen LogP contribution in [0.4, 0.5) is 17.6 Å². The van der Waals surface area contributed by atoms with E-state index < -0.39 is 35.0 Å². The van der Waals surface area contributed by atoms with Crippen molar-refractivity contribution in [2.75, 3.05) is 31.9 Å². The van der Waals surface area contributed by atoms with E-state index in [1.54, 1.807) is 6.20 Å². The molecule has 0 spiro atoms. The number of H-pyrrole nitrogens is 2. The van der Waals surface area contributed by atoms with Crippen LogP contribution in [0.1, 0.15) is 53.4 Å². The third-order valence-corrected chi connectivity index (χ3v) is 13.8. The molecule has 292 valence electrons. The predicted octanol–water partition coefficient (Wildman–Crippen LogP) is 5.49. The van der Waals surface area contributed by atoms with Crippen molar-refractivity contribution in [1.82, 2.24) is 48.7 Å². The van der Waals surface area contributed by atoms with Crippen LogP contribution in [0.15, 0.2) is 49.6 Å². The molecule has 8 aliphatic rings. The molecule has 8 fully saturated rings. The Balaban J connectivity index is 0.000000144. The fourth-order valence-corrected chi connectivity index (χ4v) is 11.6. The summed E-state index contributed by atoms with van der Waals surface area (Å²) in [7, 11) is -3.63. The van der Waals surface area contributed by atoms with Crippen LogP contribution in [0.25, 0.3) is 44.1 Å². The van der Waals surface area contributed by atoms with Crippen molar-refractivity contribution < 1.29 is 26.0 Å². The Kier molecular flexibility index (Phi) is 8.60. The molecular weight excluding hydrogens is 750 g/mol. The molecule has 6 saturated carbocycles. The summed E-state index contributed by atoms with van der Waals surface area (Å²) in [6.45, 7) is -1.62. The number of aromatic amines is 2. The Morgan fingerprint density at radius 1 is 0.722 bits per heavy atom. The first kappa shape index (κ1) is 38.4. The number of nitrogens with zero attached hydrogens (tertiary/aromatic N) is 7. The molecule has 4 bridgehead atoms. The maximum absolute atomic E-state index is 13.0. The number of nitrogens with two attached hydrogens (primary N) is 1. The van der Waals surface area contributed by atoms with Gasteiger partial charge in [0.25, 0.3) is 11.8 Å². The van der Waals surface area contributed by atoms with Crippen LogP contribution < -0.4 is 11.1 Å². The molecule has 6 aliphatic carbocycles. The number of alkyl halides is 4. The highest BCUT2D eigenvalue weighted by Crippen LogP contribution is 2.72. The van der Waals surface area contributed by atoms with Crippen molar-refractivity contribution >= 4 is 66.6 Å². The van der Waals surface area contributed by atoms with Crippen molar-refractivity contribution in [2.45, 2.75) is 81.8 Å². The molecule has 54 heavy (non-hydrogen) atoms. The zero-order chi connectivity index (χ0) is 35.2. The van der Waals surface area contributed by atoms with E-state index in [9.17, 15) is 26.0 Å². The molecule has 2 aliphatic heterocycles. The van der Waals surface area contributed by atoms with Gasteiger partial charge in [0, 0.05) is 34.2 Å². The second kappa shape index (κ2) is 12.1. The first-order valence-electron chi connectivity index (χ1n) is 16.9. The molecule has 0 radical (unpaired) electrons. The maximum atomic E-state index is 13.0. The summed E-state index contributed by atoms with van der Waals surface area (Å²) in [5.74, 6) is -5.30. The number of hydrogen-bond acceptors (Lipinski definition) is 8. The van der Waals surface area contributed by atoms with Gasteiger partial charge >= 0.3 is 0 Å². The standard InChI is InChI=1S/C17H17F2N5O2S.C13H13N5.C3H5F2N.2CH4.ClH/c18-17(19)7-23(8-17)27(25,26)9-15-4-16(5-15,6-15)24-10-22-12-3-21-14-11(13(12)24)1-2-20-14;14-12-4-13(5-12,6-12)18-7-17-9-3-16-11-8(10(9)18)1-2-15-11;4-3(5)1-6-2-3;;;/h1-3,10H,4-9H2,(H,20,21);1-3,7H,4-6,14H2,(H,15,16);6H,1-2H2;2*1H4;1H. The second-order valence-electron chi connectivity index (χ2n) is 15.9. The Labute approximate surface area is 314 Å². The number of halogens is 5. The van der Waals surface area contributed by atoms with Gasteiger partial charge in [-0.15, -0.1) is 12.4 Å². The fourth-order valence-electron chi connectivity index (χ4n) is 9.61. The van der Waals surface area contributed by atoms with Crippen LogP contribution in [0, 0.1) is 5.41 Å². The summed E-state index contributed by atoms with van der Waals surface area (Å²) in [6, 6.07) is 4.05. The molecule has 0 amide bonds. The number of aromatic nitrogens is 8. The maximum Gasteiger partial charge on any atom is 0.275 e. The lowest BCUT2D eigenvalue weighted by molar-refractivity contribution is -0.170. The number of pyridine rings is 2. The van der Waals surface area contributed by atoms with Crippen molar-refractivity contribution in [3.8, 4) is 0 Å². The number of rotatable bonds is 5. The molecule has 6 aromatic heterocycles. The van der Waals surface area contributed by atoms with Gasteiger partial charge in [0.2, 0.25) is 10.0 Å². The van der Waals surface area contributed by atoms with E-state index in [0.717, 1.165) is 81.4 Å². The van der Waals surface area contributed by atoms with Crippen molar-refractivity contribution in [3.63, 3.8) is 0 Å². The fraction of sp³-hybridized carbons (Fsp3) is 0.543. The van der Waals surface area contributed by atoms with Crippen LogP contribution in [0.3, 0.4) is 0 Å². The summed E-state index contributed by atoms with van der Waals surface area (Å²) in [5.41, 5.74) is 11.8. The largest absolute Gasteiger partial charge is 0.346 e. The van der Waals surface area contributed by atoms with Gasteiger partial charge in [-0.05, 0) is 56.1 Å². The number of fused-ring (bicyclic) bond motifs is 6. The molecule has 0 atom stereocenters. The molecule has 6 aromatic rings. The SMILES string of the molecule is C.C.Cl.FC1(F)CNC1.NC12CC(n3cnc4cnc5[nH]ccc5c43)(C1)C2.O=S(=O)(CC12CC(n3cnc4cnc5[nH]ccc5c43)(C1)C2)N1CC(F)(F)C1. The molecule has 19 heteroatoms. The summed E-state index contributed by atoms with van der Waals surface area (Å²) in [4.78, 5) is 23.9. The number of hydrogen-bond donors (Lipinski definition) is 4. The van der Waals surface area contributed by atoms with Gasteiger partial charge in [-0.25, -0.2) is 45.9 Å². The third kappa shape index (κ3) is 5.61. The highest BCUT2D eigenvalue weighted by atomic mass is 35.5. The van der Waals surface area contributed by atoms with Crippen molar-refractivity contribution in [3.05, 3.63) is 49.6 Å². The zero-order valence-corrected chi connectivity index (χ0v) is 29.4. The zero-order valence-electron chi connectivity index (χ0n) is 27.7.